The Morgan fingerprint density at radius 3 is 2.64 bits per heavy atom. The molecule has 1 saturated carbocycles. The molecule has 1 fully saturated rings. The molecule has 1 aliphatic carbocycles. The fraction of sp³-hybridized carbons (Fsp3) is 1.00. The molecule has 0 saturated heterocycles. The van der Waals surface area contributed by atoms with Crippen LogP contribution in [0.4, 0.5) is 0 Å². The van der Waals surface area contributed by atoms with Gasteiger partial charge in [-0.25, -0.2) is 10.1 Å². The molecule has 6 nitrogen and oxygen atoms in total. The summed E-state index contributed by atoms with van der Waals surface area (Å²) in [6.07, 6.45) is 4.62. The van der Waals surface area contributed by atoms with E-state index in [1.807, 2.05) is 0 Å². The Morgan fingerprint density at radius 2 is 2.14 bits per heavy atom. The van der Waals surface area contributed by atoms with E-state index in [1.54, 1.807) is 7.05 Å². The van der Waals surface area contributed by atoms with Gasteiger partial charge in [-0.2, -0.15) is 0 Å². The van der Waals surface area contributed by atoms with E-state index < -0.39 is 11.3 Å². The van der Waals surface area contributed by atoms with E-state index in [9.17, 15) is 10.1 Å². The molecular weight excluding hydrogens is 184 g/mol. The van der Waals surface area contributed by atoms with Crippen LogP contribution in [0.5, 0.6) is 0 Å². The molecular formula is C8H18N4O2. The highest BCUT2D eigenvalue weighted by molar-refractivity contribution is 4.70. The SMILES string of the molecule is CNC(NCC1CCCC1)N[N+](=O)[O-]. The van der Waals surface area contributed by atoms with Crippen molar-refractivity contribution in [1.82, 2.24) is 16.1 Å². The van der Waals surface area contributed by atoms with Crippen LogP contribution in [0.15, 0.2) is 0 Å². The quantitative estimate of drug-likeness (QED) is 0.322. The van der Waals surface area contributed by atoms with Crippen LogP contribution in [0.3, 0.4) is 0 Å². The Balaban J connectivity index is 2.15. The molecule has 0 aromatic heterocycles. The lowest BCUT2D eigenvalue weighted by Crippen LogP contribution is -2.54. The molecule has 1 rings (SSSR count). The molecule has 6 heteroatoms. The van der Waals surface area contributed by atoms with E-state index in [1.165, 1.54) is 25.7 Å². The largest absolute Gasteiger partial charge is 0.284 e. The van der Waals surface area contributed by atoms with Gasteiger partial charge in [0.05, 0.1) is 0 Å². The first-order chi connectivity index (χ1) is 6.72. The molecule has 0 amide bonds. The smallest absolute Gasteiger partial charge is 0.189 e. The molecule has 0 radical (unpaired) electrons. The first-order valence-electron chi connectivity index (χ1n) is 5.03. The van der Waals surface area contributed by atoms with E-state index >= 15 is 0 Å². The van der Waals surface area contributed by atoms with Crippen molar-refractivity contribution in [2.24, 2.45) is 5.92 Å². The molecule has 14 heavy (non-hydrogen) atoms. The van der Waals surface area contributed by atoms with Gasteiger partial charge in [-0.1, -0.05) is 12.8 Å². The fourth-order valence-corrected chi connectivity index (χ4v) is 1.82. The Labute approximate surface area is 83.6 Å². The topological polar surface area (TPSA) is 79.2 Å². The Hall–Kier alpha value is -0.880. The van der Waals surface area contributed by atoms with Crippen LogP contribution >= 0.6 is 0 Å². The van der Waals surface area contributed by atoms with Crippen LogP contribution in [0.2, 0.25) is 0 Å². The van der Waals surface area contributed by atoms with Crippen molar-refractivity contribution in [1.29, 1.82) is 0 Å². The molecule has 0 heterocycles. The summed E-state index contributed by atoms with van der Waals surface area (Å²) in [4.78, 5) is 10.2. The van der Waals surface area contributed by atoms with Gasteiger partial charge in [0.2, 0.25) is 0 Å². The van der Waals surface area contributed by atoms with Crippen molar-refractivity contribution in [3.05, 3.63) is 10.1 Å². The maximum Gasteiger partial charge on any atom is 0.189 e. The second-order valence-corrected chi connectivity index (χ2v) is 3.67. The van der Waals surface area contributed by atoms with Crippen molar-refractivity contribution < 1.29 is 5.03 Å². The molecule has 0 spiro atoms. The first kappa shape index (κ1) is 11.2. The van der Waals surface area contributed by atoms with Crippen LogP contribution in [0.25, 0.3) is 0 Å². The summed E-state index contributed by atoms with van der Waals surface area (Å²) in [6.45, 7) is 0.840. The average molecular weight is 202 g/mol. The van der Waals surface area contributed by atoms with Crippen molar-refractivity contribution in [2.75, 3.05) is 13.6 Å². The normalized spacial score (nSPS) is 19.5. The number of hydrogen-bond acceptors (Lipinski definition) is 4. The van der Waals surface area contributed by atoms with Gasteiger partial charge in [0.15, 0.2) is 11.3 Å². The van der Waals surface area contributed by atoms with E-state index in [0.29, 0.717) is 5.92 Å². The van der Waals surface area contributed by atoms with Crippen molar-refractivity contribution in [3.63, 3.8) is 0 Å². The summed E-state index contributed by atoms with van der Waals surface area (Å²) < 4.78 is 0. The molecule has 1 aliphatic rings. The molecule has 3 N–H and O–H groups in total. The van der Waals surface area contributed by atoms with Crippen molar-refractivity contribution >= 4 is 0 Å². The predicted octanol–water partition coefficient (Wildman–Crippen LogP) is 0.0505. The highest BCUT2D eigenvalue weighted by atomic mass is 16.7. The predicted molar refractivity (Wildman–Crippen MR) is 52.9 cm³/mol. The maximum absolute atomic E-state index is 10.2. The van der Waals surface area contributed by atoms with Crippen LogP contribution in [-0.4, -0.2) is 24.9 Å². The Kier molecular flexibility index (Phi) is 4.61. The third-order valence-corrected chi connectivity index (χ3v) is 2.61. The number of hydrogen-bond donors (Lipinski definition) is 3. The lowest BCUT2D eigenvalue weighted by molar-refractivity contribution is -0.553. The number of rotatable bonds is 6. The van der Waals surface area contributed by atoms with Gasteiger partial charge in [-0.15, -0.1) is 5.43 Å². The lowest BCUT2D eigenvalue weighted by Gasteiger charge is -2.17. The average Bonchev–Trinajstić information content (AvgIpc) is 2.64. The summed E-state index contributed by atoms with van der Waals surface area (Å²) in [7, 11) is 1.68. The maximum atomic E-state index is 10.2. The Bertz CT molecular complexity index is 182. The lowest BCUT2D eigenvalue weighted by atomic mass is 10.1. The molecule has 1 atom stereocenters. The first-order valence-corrected chi connectivity index (χ1v) is 5.03. The summed E-state index contributed by atoms with van der Waals surface area (Å²) in [5.41, 5.74) is 2.15. The summed E-state index contributed by atoms with van der Waals surface area (Å²) >= 11 is 0. The highest BCUT2D eigenvalue weighted by Gasteiger charge is 2.17. The monoisotopic (exact) mass is 202 g/mol. The van der Waals surface area contributed by atoms with Crippen molar-refractivity contribution in [3.8, 4) is 0 Å². The standard InChI is InChI=1S/C8H18N4O2/c1-9-8(11-12(13)14)10-6-7-4-2-3-5-7/h7-11H,2-6H2,1H3. The van der Waals surface area contributed by atoms with Gasteiger partial charge in [0.25, 0.3) is 0 Å². The van der Waals surface area contributed by atoms with Gasteiger partial charge >= 0.3 is 0 Å². The molecule has 0 aliphatic heterocycles. The molecule has 1 unspecified atom stereocenters. The third kappa shape index (κ3) is 3.89. The van der Waals surface area contributed by atoms with Gasteiger partial charge in [0.1, 0.15) is 0 Å². The van der Waals surface area contributed by atoms with E-state index in [2.05, 4.69) is 16.1 Å². The Morgan fingerprint density at radius 1 is 1.50 bits per heavy atom. The molecule has 82 valence electrons. The van der Waals surface area contributed by atoms with E-state index in [-0.39, 0.29) is 0 Å². The van der Waals surface area contributed by atoms with Crippen LogP contribution < -0.4 is 16.1 Å². The second-order valence-electron chi connectivity index (χ2n) is 3.67. The third-order valence-electron chi connectivity index (χ3n) is 2.61. The van der Waals surface area contributed by atoms with Gasteiger partial charge in [0, 0.05) is 6.54 Å². The number of nitrogens with zero attached hydrogens (tertiary/aromatic N) is 1. The highest BCUT2D eigenvalue weighted by Crippen LogP contribution is 2.23. The molecule has 0 aromatic carbocycles. The fourth-order valence-electron chi connectivity index (χ4n) is 1.82. The number of nitrogens with one attached hydrogen (secondary N) is 3. The summed E-state index contributed by atoms with van der Waals surface area (Å²) in [5.74, 6) is 0.680. The van der Waals surface area contributed by atoms with Crippen LogP contribution in [0, 0.1) is 16.0 Å². The minimum atomic E-state index is -0.539. The zero-order valence-electron chi connectivity index (χ0n) is 8.45. The van der Waals surface area contributed by atoms with Crippen LogP contribution in [-0.2, 0) is 0 Å². The van der Waals surface area contributed by atoms with Crippen molar-refractivity contribution in [2.45, 2.75) is 32.0 Å². The number of nitro groups is 1. The minimum Gasteiger partial charge on any atom is -0.284 e. The molecule has 0 bridgehead atoms. The van der Waals surface area contributed by atoms with Gasteiger partial charge < -0.3 is 0 Å². The number of hydrazine groups is 1. The van der Waals surface area contributed by atoms with Crippen LogP contribution in [0.1, 0.15) is 25.7 Å². The van der Waals surface area contributed by atoms with E-state index in [4.69, 9.17) is 0 Å². The van der Waals surface area contributed by atoms with E-state index in [0.717, 1.165) is 6.54 Å². The summed E-state index contributed by atoms with van der Waals surface area (Å²) in [5, 5.41) is 15.5. The second kappa shape index (κ2) is 5.77. The zero-order valence-corrected chi connectivity index (χ0v) is 8.45. The minimum absolute atomic E-state index is 0.439. The van der Waals surface area contributed by atoms with Gasteiger partial charge in [-0.05, 0) is 25.8 Å². The summed E-state index contributed by atoms with van der Waals surface area (Å²) in [6, 6.07) is 0. The zero-order chi connectivity index (χ0) is 10.4. The molecule has 0 aromatic rings. The van der Waals surface area contributed by atoms with Gasteiger partial charge in [-0.3, -0.25) is 10.6 Å².